The van der Waals surface area contributed by atoms with Gasteiger partial charge in [0, 0.05) is 16.6 Å². The number of esters is 2. The Bertz CT molecular complexity index is 1210. The Labute approximate surface area is 177 Å². The molecule has 0 radical (unpaired) electrons. The van der Waals surface area contributed by atoms with E-state index >= 15 is 0 Å². The number of hydrogen-bond donors (Lipinski definition) is 1. The second-order valence-corrected chi connectivity index (χ2v) is 6.90. The van der Waals surface area contributed by atoms with E-state index in [1.807, 2.05) is 18.2 Å². The van der Waals surface area contributed by atoms with Gasteiger partial charge in [-0.25, -0.2) is 9.59 Å². The Morgan fingerprint density at radius 2 is 1.52 bits per heavy atom. The highest BCUT2D eigenvalue weighted by Gasteiger charge is 2.31. The van der Waals surface area contributed by atoms with E-state index in [0.29, 0.717) is 11.3 Å². The van der Waals surface area contributed by atoms with Crippen LogP contribution in [-0.4, -0.2) is 44.5 Å². The van der Waals surface area contributed by atoms with Crippen molar-refractivity contribution in [2.75, 3.05) is 31.0 Å². The van der Waals surface area contributed by atoms with Crippen LogP contribution in [0.1, 0.15) is 31.1 Å². The zero-order valence-electron chi connectivity index (χ0n) is 16.8. The van der Waals surface area contributed by atoms with Gasteiger partial charge in [0.2, 0.25) is 5.91 Å². The average molecular weight is 418 g/mol. The van der Waals surface area contributed by atoms with Crippen molar-refractivity contribution in [2.24, 2.45) is 0 Å². The number of hydrogen-bond acceptors (Lipinski definition) is 6. The number of nitrogens with one attached hydrogen (secondary N) is 1. The third-order valence-corrected chi connectivity index (χ3v) is 5.01. The zero-order chi connectivity index (χ0) is 22.1. The van der Waals surface area contributed by atoms with Crippen molar-refractivity contribution >= 4 is 45.9 Å². The molecule has 156 valence electrons. The molecule has 1 N–H and O–H groups in total. The van der Waals surface area contributed by atoms with Crippen molar-refractivity contribution in [3.8, 4) is 0 Å². The quantitative estimate of drug-likeness (QED) is 0.639. The first-order valence-electron chi connectivity index (χ1n) is 9.38. The third-order valence-electron chi connectivity index (χ3n) is 5.01. The number of benzene rings is 3. The van der Waals surface area contributed by atoms with Crippen molar-refractivity contribution in [1.82, 2.24) is 0 Å². The summed E-state index contributed by atoms with van der Waals surface area (Å²) in [5.41, 5.74) is 1.56. The maximum Gasteiger partial charge on any atom is 0.337 e. The highest BCUT2D eigenvalue weighted by Crippen LogP contribution is 2.36. The van der Waals surface area contributed by atoms with Gasteiger partial charge in [-0.15, -0.1) is 0 Å². The summed E-state index contributed by atoms with van der Waals surface area (Å²) >= 11 is 0. The van der Waals surface area contributed by atoms with E-state index in [-0.39, 0.29) is 29.3 Å². The van der Waals surface area contributed by atoms with Crippen molar-refractivity contribution in [3.63, 3.8) is 0 Å². The Morgan fingerprint density at radius 1 is 0.903 bits per heavy atom. The van der Waals surface area contributed by atoms with Gasteiger partial charge in [-0.1, -0.05) is 24.3 Å². The van der Waals surface area contributed by atoms with E-state index in [9.17, 15) is 19.2 Å². The molecule has 0 spiro atoms. The van der Waals surface area contributed by atoms with Crippen molar-refractivity contribution in [1.29, 1.82) is 0 Å². The van der Waals surface area contributed by atoms with Crippen molar-refractivity contribution in [2.45, 2.75) is 0 Å². The third kappa shape index (κ3) is 3.59. The van der Waals surface area contributed by atoms with E-state index in [1.54, 1.807) is 18.2 Å². The summed E-state index contributed by atoms with van der Waals surface area (Å²) in [4.78, 5) is 50.9. The molecule has 8 nitrogen and oxygen atoms in total. The van der Waals surface area contributed by atoms with Crippen LogP contribution in [0.15, 0.2) is 54.6 Å². The van der Waals surface area contributed by atoms with Crippen LogP contribution in [0.25, 0.3) is 10.8 Å². The molecule has 0 bridgehead atoms. The van der Waals surface area contributed by atoms with E-state index in [2.05, 4.69) is 5.32 Å². The minimum absolute atomic E-state index is 0.0788. The van der Waals surface area contributed by atoms with E-state index in [0.717, 1.165) is 10.8 Å². The number of carbonyl (C=O) groups is 4. The summed E-state index contributed by atoms with van der Waals surface area (Å²) in [5.74, 6) is -2.09. The molecule has 0 fully saturated rings. The fourth-order valence-corrected chi connectivity index (χ4v) is 3.65. The zero-order valence-corrected chi connectivity index (χ0v) is 16.8. The summed E-state index contributed by atoms with van der Waals surface area (Å²) in [6.45, 7) is -0.233. The molecule has 1 heterocycles. The van der Waals surface area contributed by atoms with Gasteiger partial charge in [-0.3, -0.25) is 14.5 Å². The van der Waals surface area contributed by atoms with Crippen LogP contribution >= 0.6 is 0 Å². The van der Waals surface area contributed by atoms with E-state index in [4.69, 9.17) is 9.47 Å². The van der Waals surface area contributed by atoms with Crippen molar-refractivity contribution < 1.29 is 28.7 Å². The SMILES string of the molecule is COC(=O)c1cc(NC(=O)CN2C(=O)c3cccc4cccc2c34)cc(C(=O)OC)c1. The maximum absolute atomic E-state index is 12.9. The molecule has 0 saturated carbocycles. The fraction of sp³-hybridized carbons (Fsp3) is 0.130. The largest absolute Gasteiger partial charge is 0.465 e. The normalized spacial score (nSPS) is 12.1. The van der Waals surface area contributed by atoms with Gasteiger partial charge >= 0.3 is 11.9 Å². The average Bonchev–Trinajstić information content (AvgIpc) is 3.05. The van der Waals surface area contributed by atoms with Gasteiger partial charge in [-0.05, 0) is 35.7 Å². The molecule has 2 amide bonds. The molecule has 31 heavy (non-hydrogen) atoms. The summed E-state index contributed by atoms with van der Waals surface area (Å²) in [6.07, 6.45) is 0. The number of amides is 2. The van der Waals surface area contributed by atoms with Crippen LogP contribution in [-0.2, 0) is 14.3 Å². The second-order valence-electron chi connectivity index (χ2n) is 6.90. The van der Waals surface area contributed by atoms with Crippen LogP contribution < -0.4 is 10.2 Å². The molecule has 0 saturated heterocycles. The highest BCUT2D eigenvalue weighted by atomic mass is 16.5. The van der Waals surface area contributed by atoms with Crippen LogP contribution in [0.5, 0.6) is 0 Å². The lowest BCUT2D eigenvalue weighted by atomic mass is 10.1. The minimum Gasteiger partial charge on any atom is -0.465 e. The molecule has 1 aliphatic heterocycles. The molecule has 0 unspecified atom stereocenters. The highest BCUT2D eigenvalue weighted by molar-refractivity contribution is 6.26. The number of ether oxygens (including phenoxy) is 2. The summed E-state index contributed by atoms with van der Waals surface area (Å²) in [6, 6.07) is 15.1. The second kappa shape index (κ2) is 7.91. The first-order valence-corrected chi connectivity index (χ1v) is 9.38. The van der Waals surface area contributed by atoms with E-state index in [1.165, 1.54) is 37.3 Å². The van der Waals surface area contributed by atoms with Crippen LogP contribution in [0.2, 0.25) is 0 Å². The summed E-state index contributed by atoms with van der Waals surface area (Å²) in [7, 11) is 2.42. The van der Waals surface area contributed by atoms with Gasteiger partial charge in [-0.2, -0.15) is 0 Å². The smallest absolute Gasteiger partial charge is 0.337 e. The monoisotopic (exact) mass is 418 g/mol. The van der Waals surface area contributed by atoms with E-state index < -0.39 is 17.8 Å². The van der Waals surface area contributed by atoms with Crippen LogP contribution in [0.3, 0.4) is 0 Å². The van der Waals surface area contributed by atoms with Gasteiger partial charge in [0.1, 0.15) is 6.54 Å². The predicted molar refractivity (Wildman–Crippen MR) is 113 cm³/mol. The Hall–Kier alpha value is -4.20. The predicted octanol–water partition coefficient (Wildman–Crippen LogP) is 3.01. The maximum atomic E-state index is 12.9. The minimum atomic E-state index is -0.668. The summed E-state index contributed by atoms with van der Waals surface area (Å²) < 4.78 is 9.40. The number of rotatable bonds is 5. The molecular formula is C23H18N2O6. The van der Waals surface area contributed by atoms with Gasteiger partial charge in [0.05, 0.1) is 31.0 Å². The lowest BCUT2D eigenvalue weighted by Gasteiger charge is -2.17. The molecule has 3 aromatic carbocycles. The number of nitrogens with zero attached hydrogens (tertiary/aromatic N) is 1. The number of methoxy groups -OCH3 is 2. The van der Waals surface area contributed by atoms with Gasteiger partial charge in [0.15, 0.2) is 0 Å². The first kappa shape index (κ1) is 20.1. The molecule has 4 rings (SSSR count). The molecule has 0 atom stereocenters. The van der Waals surface area contributed by atoms with Gasteiger partial charge < -0.3 is 14.8 Å². The Morgan fingerprint density at radius 3 is 2.13 bits per heavy atom. The molecular weight excluding hydrogens is 400 g/mol. The topological polar surface area (TPSA) is 102 Å². The first-order chi connectivity index (χ1) is 14.9. The summed E-state index contributed by atoms with van der Waals surface area (Å²) in [5, 5.41) is 4.36. The number of carbonyl (C=O) groups excluding carboxylic acids is 4. The van der Waals surface area contributed by atoms with Crippen LogP contribution in [0, 0.1) is 0 Å². The molecule has 8 heteroatoms. The standard InChI is InChI=1S/C23H18N2O6/c1-30-22(28)14-9-15(23(29)31-2)11-16(10-14)24-19(26)12-25-18-8-4-6-13-5-3-7-17(20(13)18)21(25)27/h3-11H,12H2,1-2H3,(H,24,26). The lowest BCUT2D eigenvalue weighted by Crippen LogP contribution is -2.35. The molecule has 0 aliphatic carbocycles. The number of anilines is 2. The Balaban J connectivity index is 1.60. The van der Waals surface area contributed by atoms with Crippen LogP contribution in [0.4, 0.5) is 11.4 Å². The molecule has 1 aliphatic rings. The lowest BCUT2D eigenvalue weighted by molar-refractivity contribution is -0.114. The molecule has 0 aromatic heterocycles. The van der Waals surface area contributed by atoms with Gasteiger partial charge in [0.25, 0.3) is 5.91 Å². The Kier molecular flexibility index (Phi) is 5.12. The molecule has 3 aromatic rings. The van der Waals surface area contributed by atoms with Crippen molar-refractivity contribution in [3.05, 3.63) is 71.3 Å². The fourth-order valence-electron chi connectivity index (χ4n) is 3.65.